The Balaban J connectivity index is 2.20. The first-order valence-corrected chi connectivity index (χ1v) is 10.8. The number of rotatable bonds is 6. The molecule has 3 aromatic rings. The topological polar surface area (TPSA) is 94.0 Å². The normalized spacial score (nSPS) is 12.8. The van der Waals surface area contributed by atoms with E-state index >= 15 is 0 Å². The van der Waals surface area contributed by atoms with Crippen molar-refractivity contribution in [1.29, 1.82) is 0 Å². The van der Waals surface area contributed by atoms with Gasteiger partial charge in [-0.3, -0.25) is 14.8 Å². The van der Waals surface area contributed by atoms with Crippen LogP contribution in [0.5, 0.6) is 0 Å². The molecule has 13 heteroatoms. The minimum absolute atomic E-state index is 0.0221. The van der Waals surface area contributed by atoms with Crippen molar-refractivity contribution in [3.63, 3.8) is 0 Å². The maximum Gasteiger partial charge on any atom is 0.455 e. The molecular weight excluding hydrogens is 459 g/mol. The van der Waals surface area contributed by atoms with Crippen molar-refractivity contribution in [3.8, 4) is 11.4 Å². The second-order valence-electron chi connectivity index (χ2n) is 6.81. The Kier molecular flexibility index (Phi) is 5.98. The summed E-state index contributed by atoms with van der Waals surface area (Å²) in [6.07, 6.45) is -3.54. The van der Waals surface area contributed by atoms with E-state index in [2.05, 4.69) is 15.3 Å². The molecular formula is C19H17F5N4O3S. The molecule has 32 heavy (non-hydrogen) atoms. The van der Waals surface area contributed by atoms with E-state index in [9.17, 15) is 35.2 Å². The molecule has 0 saturated carbocycles. The highest BCUT2D eigenvalue weighted by Crippen LogP contribution is 2.37. The van der Waals surface area contributed by atoms with Crippen LogP contribution in [0.1, 0.15) is 6.92 Å². The lowest BCUT2D eigenvalue weighted by molar-refractivity contribution is -0.286. The fraction of sp³-hybridized carbons (Fsp3) is 0.316. The van der Waals surface area contributed by atoms with E-state index < -0.39 is 34.0 Å². The second-order valence-corrected chi connectivity index (χ2v) is 9.06. The van der Waals surface area contributed by atoms with E-state index in [1.165, 1.54) is 31.3 Å². The fourth-order valence-corrected chi connectivity index (χ4v) is 4.01. The first kappa shape index (κ1) is 23.6. The van der Waals surface area contributed by atoms with Gasteiger partial charge < -0.3 is 9.88 Å². The minimum Gasteiger partial charge on any atom is -0.387 e. The number of nitrogens with zero attached hydrogens (tertiary/aromatic N) is 3. The van der Waals surface area contributed by atoms with E-state index in [0.29, 0.717) is 5.69 Å². The number of halogens is 5. The Hall–Kier alpha value is -3.09. The van der Waals surface area contributed by atoms with Gasteiger partial charge in [0.15, 0.2) is 9.84 Å². The second kappa shape index (κ2) is 8.11. The lowest BCUT2D eigenvalue weighted by Gasteiger charge is -2.21. The smallest absolute Gasteiger partial charge is 0.387 e. The Morgan fingerprint density at radius 1 is 1.06 bits per heavy atom. The maximum absolute atomic E-state index is 13.6. The molecule has 0 spiro atoms. The number of pyridine rings is 3. The number of aromatic nitrogens is 3. The first-order valence-electron chi connectivity index (χ1n) is 9.16. The monoisotopic (exact) mass is 476 g/mol. The average Bonchev–Trinajstić information content (AvgIpc) is 2.74. The van der Waals surface area contributed by atoms with Crippen molar-refractivity contribution in [1.82, 2.24) is 14.5 Å². The third-order valence-corrected chi connectivity index (χ3v) is 6.49. The SMILES string of the molecule is CCS(=O)(=O)c1cc(NC)cnc1-c1cc2ccc(=O)n(CC(F)(F)C(F)(F)F)c2cn1. The molecule has 3 rings (SSSR count). The van der Waals surface area contributed by atoms with Gasteiger partial charge in [0.05, 0.1) is 46.5 Å². The van der Waals surface area contributed by atoms with Gasteiger partial charge in [-0.1, -0.05) is 6.92 Å². The van der Waals surface area contributed by atoms with Crippen molar-refractivity contribution in [2.45, 2.75) is 30.5 Å². The Morgan fingerprint density at radius 2 is 1.75 bits per heavy atom. The Labute approximate surface area is 178 Å². The molecule has 172 valence electrons. The number of hydrogen-bond donors (Lipinski definition) is 1. The molecule has 0 aliphatic carbocycles. The fourth-order valence-electron chi connectivity index (χ4n) is 2.94. The minimum atomic E-state index is -5.84. The highest BCUT2D eigenvalue weighted by molar-refractivity contribution is 7.91. The summed E-state index contributed by atoms with van der Waals surface area (Å²) >= 11 is 0. The molecule has 0 fully saturated rings. The van der Waals surface area contributed by atoms with Gasteiger partial charge in [-0.25, -0.2) is 8.42 Å². The van der Waals surface area contributed by atoms with E-state index in [1.807, 2.05) is 0 Å². The molecule has 0 unspecified atom stereocenters. The molecule has 0 aromatic carbocycles. The number of nitrogens with one attached hydrogen (secondary N) is 1. The first-order chi connectivity index (χ1) is 14.8. The molecule has 0 bridgehead atoms. The van der Waals surface area contributed by atoms with Crippen molar-refractivity contribution >= 4 is 26.4 Å². The van der Waals surface area contributed by atoms with Crippen LogP contribution in [-0.2, 0) is 16.4 Å². The summed E-state index contributed by atoms with van der Waals surface area (Å²) in [5.41, 5.74) is -0.894. The van der Waals surface area contributed by atoms with Crippen LogP contribution in [0, 0.1) is 0 Å². The summed E-state index contributed by atoms with van der Waals surface area (Å²) < 4.78 is 90.4. The van der Waals surface area contributed by atoms with Crippen molar-refractivity contribution < 1.29 is 30.4 Å². The number of fused-ring (bicyclic) bond motifs is 1. The van der Waals surface area contributed by atoms with Crippen LogP contribution in [0.25, 0.3) is 22.3 Å². The Morgan fingerprint density at radius 3 is 2.34 bits per heavy atom. The molecule has 0 radical (unpaired) electrons. The third kappa shape index (κ3) is 4.29. The van der Waals surface area contributed by atoms with E-state index in [-0.39, 0.29) is 37.5 Å². The molecule has 0 saturated heterocycles. The average molecular weight is 476 g/mol. The molecule has 0 aliphatic heterocycles. The van der Waals surface area contributed by atoms with Crippen molar-refractivity contribution in [2.75, 3.05) is 18.1 Å². The highest BCUT2D eigenvalue weighted by atomic mass is 32.2. The quantitative estimate of drug-likeness (QED) is 0.548. The lowest BCUT2D eigenvalue weighted by atomic mass is 10.1. The zero-order valence-corrected chi connectivity index (χ0v) is 17.6. The maximum atomic E-state index is 13.6. The number of sulfone groups is 1. The number of anilines is 1. The summed E-state index contributed by atoms with van der Waals surface area (Å²) in [5.74, 6) is -5.37. The van der Waals surface area contributed by atoms with Gasteiger partial charge in [0.1, 0.15) is 5.69 Å². The van der Waals surface area contributed by atoms with Crippen LogP contribution >= 0.6 is 0 Å². The molecule has 0 atom stereocenters. The number of hydrogen-bond acceptors (Lipinski definition) is 6. The van der Waals surface area contributed by atoms with Crippen molar-refractivity contribution in [2.24, 2.45) is 0 Å². The van der Waals surface area contributed by atoms with E-state index in [0.717, 1.165) is 12.3 Å². The van der Waals surface area contributed by atoms with Crippen LogP contribution in [0.4, 0.5) is 27.6 Å². The van der Waals surface area contributed by atoms with Crippen LogP contribution in [0.3, 0.4) is 0 Å². The molecule has 7 nitrogen and oxygen atoms in total. The molecule has 3 aromatic heterocycles. The van der Waals surface area contributed by atoms with Gasteiger partial charge in [0.25, 0.3) is 5.56 Å². The van der Waals surface area contributed by atoms with E-state index in [4.69, 9.17) is 0 Å². The summed E-state index contributed by atoms with van der Waals surface area (Å²) in [7, 11) is -2.17. The highest BCUT2D eigenvalue weighted by Gasteiger charge is 2.57. The van der Waals surface area contributed by atoms with Crippen LogP contribution in [0.15, 0.2) is 46.3 Å². The van der Waals surface area contributed by atoms with Gasteiger partial charge in [0, 0.05) is 18.5 Å². The molecule has 3 heterocycles. The van der Waals surface area contributed by atoms with Crippen molar-refractivity contribution in [3.05, 3.63) is 47.0 Å². The predicted octanol–water partition coefficient (Wildman–Crippen LogP) is 3.49. The standard InChI is InChI=1S/C19H17F5N4O3S/c1-3-32(30,31)15-7-12(25-2)8-27-17(15)13-6-11-4-5-16(29)28(14(11)9-26-13)10-18(20,21)19(22,23)24/h4-9,25H,3,10H2,1-2H3. The van der Waals surface area contributed by atoms with Gasteiger partial charge in [0.2, 0.25) is 0 Å². The molecule has 1 N–H and O–H groups in total. The summed E-state index contributed by atoms with van der Waals surface area (Å²) in [5, 5.41) is 2.87. The van der Waals surface area contributed by atoms with Gasteiger partial charge >= 0.3 is 12.1 Å². The van der Waals surface area contributed by atoms with Gasteiger partial charge in [-0.15, -0.1) is 0 Å². The Bertz CT molecular complexity index is 1340. The summed E-state index contributed by atoms with van der Waals surface area (Å²) in [4.78, 5) is 20.0. The third-order valence-electron chi connectivity index (χ3n) is 4.75. The zero-order valence-electron chi connectivity index (χ0n) is 16.7. The van der Waals surface area contributed by atoms with Crippen LogP contribution < -0.4 is 10.9 Å². The molecule has 0 aliphatic rings. The van der Waals surface area contributed by atoms with Gasteiger partial charge in [-0.2, -0.15) is 22.0 Å². The van der Waals surface area contributed by atoms with Crippen LogP contribution in [-0.4, -0.2) is 47.9 Å². The summed E-state index contributed by atoms with van der Waals surface area (Å²) in [6.45, 7) is -0.475. The van der Waals surface area contributed by atoms with E-state index in [1.54, 1.807) is 7.05 Å². The van der Waals surface area contributed by atoms with Crippen LogP contribution in [0.2, 0.25) is 0 Å². The lowest BCUT2D eigenvalue weighted by Crippen LogP contribution is -2.42. The van der Waals surface area contributed by atoms with Gasteiger partial charge in [-0.05, 0) is 18.2 Å². The number of alkyl halides is 5. The largest absolute Gasteiger partial charge is 0.455 e. The zero-order chi connectivity index (χ0) is 23.9. The molecule has 0 amide bonds. The predicted molar refractivity (Wildman–Crippen MR) is 108 cm³/mol. The summed E-state index contributed by atoms with van der Waals surface area (Å²) in [6, 6.07) is 4.70.